The highest BCUT2D eigenvalue weighted by Crippen LogP contribution is 2.43. The number of carbonyl (C=O) groups excluding carboxylic acids is 1. The average Bonchev–Trinajstić information content (AvgIpc) is 2.74. The first kappa shape index (κ1) is 10.7. The SMILES string of the molecule is O=C1NC2(CCCc3ccccc32)c2ncccc21. The predicted molar refractivity (Wildman–Crippen MR) is 71.9 cm³/mol. The lowest BCUT2D eigenvalue weighted by molar-refractivity contribution is 0.0935. The van der Waals surface area contributed by atoms with Crippen molar-refractivity contribution in [3.8, 4) is 0 Å². The number of benzene rings is 1. The van der Waals surface area contributed by atoms with Crippen molar-refractivity contribution in [3.05, 3.63) is 65.0 Å². The molecule has 2 heterocycles. The molecule has 3 heteroatoms. The molecule has 1 spiro atoms. The summed E-state index contributed by atoms with van der Waals surface area (Å²) >= 11 is 0. The van der Waals surface area contributed by atoms with Gasteiger partial charge in [0.05, 0.1) is 11.3 Å². The molecule has 1 aromatic heterocycles. The highest BCUT2D eigenvalue weighted by Gasteiger charge is 2.47. The molecule has 1 aliphatic heterocycles. The third kappa shape index (κ3) is 1.33. The topological polar surface area (TPSA) is 42.0 Å². The number of amides is 1. The van der Waals surface area contributed by atoms with Crippen molar-refractivity contribution < 1.29 is 4.79 Å². The van der Waals surface area contributed by atoms with Gasteiger partial charge in [0, 0.05) is 6.20 Å². The number of aromatic nitrogens is 1. The highest BCUT2D eigenvalue weighted by molar-refractivity contribution is 6.00. The van der Waals surface area contributed by atoms with Crippen LogP contribution in [0.1, 0.15) is 40.0 Å². The van der Waals surface area contributed by atoms with Gasteiger partial charge in [-0.3, -0.25) is 9.78 Å². The summed E-state index contributed by atoms with van der Waals surface area (Å²) in [4.78, 5) is 16.7. The van der Waals surface area contributed by atoms with E-state index in [1.54, 1.807) is 6.20 Å². The van der Waals surface area contributed by atoms with E-state index in [0.29, 0.717) is 0 Å². The number of nitrogens with one attached hydrogen (secondary N) is 1. The Balaban J connectivity index is 2.01. The van der Waals surface area contributed by atoms with Gasteiger partial charge in [0.2, 0.25) is 0 Å². The number of nitrogens with zero attached hydrogens (tertiary/aromatic N) is 1. The van der Waals surface area contributed by atoms with Gasteiger partial charge in [0.1, 0.15) is 5.54 Å². The van der Waals surface area contributed by atoms with Crippen LogP contribution in [0.5, 0.6) is 0 Å². The van der Waals surface area contributed by atoms with E-state index in [9.17, 15) is 4.79 Å². The summed E-state index contributed by atoms with van der Waals surface area (Å²) in [5.74, 6) is -0.000182. The quantitative estimate of drug-likeness (QED) is 0.780. The summed E-state index contributed by atoms with van der Waals surface area (Å²) < 4.78 is 0. The van der Waals surface area contributed by atoms with Crippen LogP contribution in [0.4, 0.5) is 0 Å². The van der Waals surface area contributed by atoms with Gasteiger partial charge in [-0.15, -0.1) is 0 Å². The van der Waals surface area contributed by atoms with E-state index in [-0.39, 0.29) is 5.91 Å². The molecule has 1 amide bonds. The lowest BCUT2D eigenvalue weighted by atomic mass is 9.75. The number of aryl methyl sites for hydroxylation is 1. The van der Waals surface area contributed by atoms with Crippen molar-refractivity contribution in [2.24, 2.45) is 0 Å². The Kier molecular flexibility index (Phi) is 2.07. The zero-order valence-corrected chi connectivity index (χ0v) is 10.5. The number of hydrogen-bond acceptors (Lipinski definition) is 2. The van der Waals surface area contributed by atoms with Crippen LogP contribution in [0.2, 0.25) is 0 Å². The minimum Gasteiger partial charge on any atom is -0.337 e. The molecule has 1 aromatic carbocycles. The Labute approximate surface area is 111 Å². The van der Waals surface area contributed by atoms with E-state index in [1.165, 1.54) is 11.1 Å². The van der Waals surface area contributed by atoms with Crippen LogP contribution in [0, 0.1) is 0 Å². The summed E-state index contributed by atoms with van der Waals surface area (Å²) in [5, 5.41) is 3.19. The van der Waals surface area contributed by atoms with Crippen molar-refractivity contribution in [1.82, 2.24) is 10.3 Å². The van der Waals surface area contributed by atoms with E-state index in [0.717, 1.165) is 30.5 Å². The highest BCUT2D eigenvalue weighted by atomic mass is 16.2. The van der Waals surface area contributed by atoms with Gasteiger partial charge in [0.15, 0.2) is 0 Å². The molecule has 0 bridgehead atoms. The smallest absolute Gasteiger partial charge is 0.254 e. The number of pyridine rings is 1. The first-order valence-electron chi connectivity index (χ1n) is 6.68. The molecule has 2 aromatic rings. The van der Waals surface area contributed by atoms with E-state index >= 15 is 0 Å². The van der Waals surface area contributed by atoms with Gasteiger partial charge in [0.25, 0.3) is 5.91 Å². The molecule has 0 fully saturated rings. The van der Waals surface area contributed by atoms with Crippen molar-refractivity contribution in [1.29, 1.82) is 0 Å². The van der Waals surface area contributed by atoms with Crippen LogP contribution in [0.15, 0.2) is 42.6 Å². The van der Waals surface area contributed by atoms with Crippen LogP contribution < -0.4 is 5.32 Å². The van der Waals surface area contributed by atoms with Crippen molar-refractivity contribution in [3.63, 3.8) is 0 Å². The summed E-state index contributed by atoms with van der Waals surface area (Å²) in [5.41, 5.74) is 3.76. The maximum Gasteiger partial charge on any atom is 0.254 e. The molecule has 1 atom stereocenters. The molecule has 3 nitrogen and oxygen atoms in total. The van der Waals surface area contributed by atoms with E-state index < -0.39 is 5.54 Å². The van der Waals surface area contributed by atoms with Crippen molar-refractivity contribution in [2.75, 3.05) is 0 Å². The Morgan fingerprint density at radius 3 is 3.00 bits per heavy atom. The maximum absolute atomic E-state index is 12.2. The molecule has 0 saturated carbocycles. The zero-order valence-electron chi connectivity index (χ0n) is 10.5. The zero-order chi connectivity index (χ0) is 12.9. The molecule has 0 saturated heterocycles. The van der Waals surface area contributed by atoms with E-state index in [1.807, 2.05) is 18.2 Å². The second-order valence-corrected chi connectivity index (χ2v) is 5.27. The second-order valence-electron chi connectivity index (χ2n) is 5.27. The Morgan fingerprint density at radius 1 is 1.16 bits per heavy atom. The van der Waals surface area contributed by atoms with Gasteiger partial charge in [-0.25, -0.2) is 0 Å². The molecular formula is C16H14N2O. The van der Waals surface area contributed by atoms with Gasteiger partial charge in [-0.05, 0) is 42.5 Å². The van der Waals surface area contributed by atoms with Crippen LogP contribution in [0.25, 0.3) is 0 Å². The van der Waals surface area contributed by atoms with Crippen molar-refractivity contribution in [2.45, 2.75) is 24.8 Å². The summed E-state index contributed by atoms with van der Waals surface area (Å²) in [7, 11) is 0. The fraction of sp³-hybridized carbons (Fsp3) is 0.250. The lowest BCUT2D eigenvalue weighted by Gasteiger charge is -2.35. The first-order valence-corrected chi connectivity index (χ1v) is 6.68. The molecule has 1 N–H and O–H groups in total. The maximum atomic E-state index is 12.2. The summed E-state index contributed by atoms with van der Waals surface area (Å²) in [6.07, 6.45) is 4.86. The van der Waals surface area contributed by atoms with Gasteiger partial charge in [-0.1, -0.05) is 24.3 Å². The fourth-order valence-corrected chi connectivity index (χ4v) is 3.46. The summed E-state index contributed by atoms with van der Waals surface area (Å²) in [6.45, 7) is 0. The molecule has 19 heavy (non-hydrogen) atoms. The van der Waals surface area contributed by atoms with E-state index in [4.69, 9.17) is 0 Å². The minimum absolute atomic E-state index is 0.000182. The van der Waals surface area contributed by atoms with Crippen molar-refractivity contribution >= 4 is 5.91 Å². The molecule has 1 aliphatic carbocycles. The number of fused-ring (bicyclic) bond motifs is 4. The third-order valence-electron chi connectivity index (χ3n) is 4.26. The molecule has 94 valence electrons. The molecule has 0 radical (unpaired) electrons. The van der Waals surface area contributed by atoms with E-state index in [2.05, 4.69) is 28.5 Å². The van der Waals surface area contributed by atoms with Gasteiger partial charge >= 0.3 is 0 Å². The predicted octanol–water partition coefficient (Wildman–Crippen LogP) is 2.40. The molecule has 2 aliphatic rings. The second kappa shape index (κ2) is 3.67. The van der Waals surface area contributed by atoms with Crippen LogP contribution in [0.3, 0.4) is 0 Å². The van der Waals surface area contributed by atoms with Gasteiger partial charge in [-0.2, -0.15) is 0 Å². The Bertz CT molecular complexity index is 680. The number of rotatable bonds is 0. The summed E-state index contributed by atoms with van der Waals surface area (Å²) in [6, 6.07) is 12.1. The first-order chi connectivity index (χ1) is 9.31. The minimum atomic E-state index is -0.400. The molecule has 1 unspecified atom stereocenters. The largest absolute Gasteiger partial charge is 0.337 e. The van der Waals surface area contributed by atoms with Crippen LogP contribution >= 0.6 is 0 Å². The number of carbonyl (C=O) groups is 1. The van der Waals surface area contributed by atoms with Crippen LogP contribution in [-0.2, 0) is 12.0 Å². The third-order valence-corrected chi connectivity index (χ3v) is 4.26. The van der Waals surface area contributed by atoms with Gasteiger partial charge < -0.3 is 5.32 Å². The molecule has 4 rings (SSSR count). The Hall–Kier alpha value is -2.16. The fourth-order valence-electron chi connectivity index (χ4n) is 3.46. The molecular weight excluding hydrogens is 236 g/mol. The number of hydrogen-bond donors (Lipinski definition) is 1. The normalized spacial score (nSPS) is 23.9. The Morgan fingerprint density at radius 2 is 2.05 bits per heavy atom. The standard InChI is InChI=1S/C16H14N2O/c19-15-12-7-4-10-17-14(12)16(18-15)9-3-6-11-5-1-2-8-13(11)16/h1-2,4-5,7-8,10H,3,6,9H2,(H,18,19). The average molecular weight is 250 g/mol. The van der Waals surface area contributed by atoms with Crippen LogP contribution in [-0.4, -0.2) is 10.9 Å². The lowest BCUT2D eigenvalue weighted by Crippen LogP contribution is -2.43. The monoisotopic (exact) mass is 250 g/mol.